The molecule has 1 atom stereocenters. The summed E-state index contributed by atoms with van der Waals surface area (Å²) in [4.78, 5) is 5.37. The van der Waals surface area contributed by atoms with Crippen LogP contribution in [0, 0.1) is 0 Å². The zero-order chi connectivity index (χ0) is 14.2. The van der Waals surface area contributed by atoms with Gasteiger partial charge in [-0.15, -0.1) is 11.8 Å². The number of pyridine rings is 1. The Morgan fingerprint density at radius 1 is 1.20 bits per heavy atom. The molecule has 0 aliphatic rings. The lowest BCUT2D eigenvalue weighted by Gasteiger charge is -2.14. The molecule has 1 heterocycles. The Morgan fingerprint density at radius 2 is 2.00 bits per heavy atom. The van der Waals surface area contributed by atoms with Crippen molar-refractivity contribution in [3.8, 4) is 0 Å². The average Bonchev–Trinajstić information content (AvgIpc) is 2.52. The summed E-state index contributed by atoms with van der Waals surface area (Å²) in [5.41, 5.74) is 2.67. The Labute approximate surface area is 126 Å². The van der Waals surface area contributed by atoms with E-state index in [1.807, 2.05) is 24.2 Å². The van der Waals surface area contributed by atoms with Crippen molar-refractivity contribution in [1.29, 1.82) is 0 Å². The van der Waals surface area contributed by atoms with Gasteiger partial charge in [-0.25, -0.2) is 0 Å². The Hall–Kier alpha value is -1.32. The van der Waals surface area contributed by atoms with Crippen molar-refractivity contribution in [1.82, 2.24) is 10.3 Å². The van der Waals surface area contributed by atoms with Crippen LogP contribution < -0.4 is 5.32 Å². The molecule has 1 aromatic heterocycles. The maximum atomic E-state index is 4.05. The molecule has 3 heteroatoms. The molecular weight excluding hydrogens is 264 g/mol. The standard InChI is InChI=1S/C17H22N2S/c1-3-9-19-14(2)16-5-4-6-17(12-16)20-13-15-7-10-18-11-8-15/h4-8,10-12,14,19H,3,9,13H2,1-2H3. The first-order valence-electron chi connectivity index (χ1n) is 7.14. The lowest BCUT2D eigenvalue weighted by Crippen LogP contribution is -2.19. The van der Waals surface area contributed by atoms with Gasteiger partial charge in [0.1, 0.15) is 0 Å². The monoisotopic (exact) mass is 286 g/mol. The van der Waals surface area contributed by atoms with Gasteiger partial charge in [-0.1, -0.05) is 19.1 Å². The van der Waals surface area contributed by atoms with Gasteiger partial charge in [-0.3, -0.25) is 4.98 Å². The van der Waals surface area contributed by atoms with Crippen molar-refractivity contribution in [3.05, 3.63) is 59.9 Å². The first-order valence-corrected chi connectivity index (χ1v) is 8.13. The summed E-state index contributed by atoms with van der Waals surface area (Å²) >= 11 is 1.87. The van der Waals surface area contributed by atoms with Gasteiger partial charge in [0.15, 0.2) is 0 Å². The van der Waals surface area contributed by atoms with Gasteiger partial charge in [-0.05, 0) is 55.3 Å². The topological polar surface area (TPSA) is 24.9 Å². The van der Waals surface area contributed by atoms with E-state index in [4.69, 9.17) is 0 Å². The second-order valence-corrected chi connectivity index (χ2v) is 5.94. The summed E-state index contributed by atoms with van der Waals surface area (Å²) in [5.74, 6) is 0.989. The second-order valence-electron chi connectivity index (χ2n) is 4.89. The molecule has 0 radical (unpaired) electrons. The summed E-state index contributed by atoms with van der Waals surface area (Å²) < 4.78 is 0. The quantitative estimate of drug-likeness (QED) is 0.762. The molecule has 0 aliphatic heterocycles. The van der Waals surface area contributed by atoms with E-state index in [0.717, 1.165) is 12.3 Å². The number of aromatic nitrogens is 1. The first-order chi connectivity index (χ1) is 9.79. The third kappa shape index (κ3) is 4.66. The van der Waals surface area contributed by atoms with Crippen LogP contribution in [0.1, 0.15) is 37.4 Å². The molecule has 1 unspecified atom stereocenters. The molecule has 106 valence electrons. The van der Waals surface area contributed by atoms with Crippen molar-refractivity contribution in [2.45, 2.75) is 37.0 Å². The van der Waals surface area contributed by atoms with Gasteiger partial charge >= 0.3 is 0 Å². The third-order valence-corrected chi connectivity index (χ3v) is 4.28. The lowest BCUT2D eigenvalue weighted by molar-refractivity contribution is 0.570. The van der Waals surface area contributed by atoms with E-state index in [-0.39, 0.29) is 0 Å². The summed E-state index contributed by atoms with van der Waals surface area (Å²) in [6.45, 7) is 5.48. The smallest absolute Gasteiger partial charge is 0.0292 e. The Kier molecular flexibility index (Phi) is 6.09. The van der Waals surface area contributed by atoms with Crippen LogP contribution in [-0.4, -0.2) is 11.5 Å². The van der Waals surface area contributed by atoms with E-state index in [0.29, 0.717) is 6.04 Å². The first kappa shape index (κ1) is 15.1. The predicted molar refractivity (Wildman–Crippen MR) is 86.9 cm³/mol. The zero-order valence-electron chi connectivity index (χ0n) is 12.2. The van der Waals surface area contributed by atoms with Crippen molar-refractivity contribution >= 4 is 11.8 Å². The summed E-state index contributed by atoms with van der Waals surface area (Å²) in [6.07, 6.45) is 4.87. The number of hydrogen-bond donors (Lipinski definition) is 1. The Morgan fingerprint density at radius 3 is 2.75 bits per heavy atom. The predicted octanol–water partition coefficient (Wildman–Crippen LogP) is 4.43. The van der Waals surface area contributed by atoms with E-state index < -0.39 is 0 Å². The van der Waals surface area contributed by atoms with Crippen LogP contribution in [0.3, 0.4) is 0 Å². The molecule has 0 bridgehead atoms. The van der Waals surface area contributed by atoms with Crippen LogP contribution in [0.15, 0.2) is 53.7 Å². The molecule has 1 N–H and O–H groups in total. The fourth-order valence-electron chi connectivity index (χ4n) is 2.00. The minimum atomic E-state index is 0.413. The second kappa shape index (κ2) is 8.08. The summed E-state index contributed by atoms with van der Waals surface area (Å²) in [5, 5.41) is 3.53. The number of nitrogens with zero attached hydrogens (tertiary/aromatic N) is 1. The Bertz CT molecular complexity index is 513. The van der Waals surface area contributed by atoms with Gasteiger partial charge in [-0.2, -0.15) is 0 Å². The van der Waals surface area contributed by atoms with E-state index in [1.165, 1.54) is 22.4 Å². The molecule has 1 aromatic carbocycles. The SMILES string of the molecule is CCCNC(C)c1cccc(SCc2ccncc2)c1. The highest BCUT2D eigenvalue weighted by atomic mass is 32.2. The van der Waals surface area contributed by atoms with Gasteiger partial charge in [0.2, 0.25) is 0 Å². The van der Waals surface area contributed by atoms with Gasteiger partial charge < -0.3 is 5.32 Å². The minimum absolute atomic E-state index is 0.413. The molecule has 0 spiro atoms. The molecule has 0 fully saturated rings. The van der Waals surface area contributed by atoms with Crippen molar-refractivity contribution in [2.24, 2.45) is 0 Å². The highest BCUT2D eigenvalue weighted by Crippen LogP contribution is 2.25. The van der Waals surface area contributed by atoms with E-state index in [1.54, 1.807) is 0 Å². The van der Waals surface area contributed by atoms with Crippen LogP contribution in [0.25, 0.3) is 0 Å². The molecular formula is C17H22N2S. The molecule has 2 rings (SSSR count). The van der Waals surface area contributed by atoms with Crippen LogP contribution in [0.5, 0.6) is 0 Å². The maximum absolute atomic E-state index is 4.05. The van der Waals surface area contributed by atoms with Gasteiger partial charge in [0.25, 0.3) is 0 Å². The van der Waals surface area contributed by atoms with Gasteiger partial charge in [0.05, 0.1) is 0 Å². The lowest BCUT2D eigenvalue weighted by atomic mass is 10.1. The molecule has 0 aliphatic carbocycles. The van der Waals surface area contributed by atoms with E-state index in [9.17, 15) is 0 Å². The number of thioether (sulfide) groups is 1. The summed E-state index contributed by atoms with van der Waals surface area (Å²) in [6, 6.07) is 13.4. The molecule has 20 heavy (non-hydrogen) atoms. The van der Waals surface area contributed by atoms with E-state index >= 15 is 0 Å². The number of nitrogens with one attached hydrogen (secondary N) is 1. The van der Waals surface area contributed by atoms with E-state index in [2.05, 4.69) is 60.5 Å². The molecule has 0 saturated carbocycles. The van der Waals surface area contributed by atoms with Crippen LogP contribution >= 0.6 is 11.8 Å². The molecule has 0 saturated heterocycles. The normalized spacial score (nSPS) is 12.3. The Balaban J connectivity index is 1.95. The fourth-order valence-corrected chi connectivity index (χ4v) is 2.92. The van der Waals surface area contributed by atoms with Crippen LogP contribution in [-0.2, 0) is 5.75 Å². The molecule has 0 amide bonds. The highest BCUT2D eigenvalue weighted by Gasteiger charge is 2.05. The number of rotatable bonds is 7. The molecule has 2 nitrogen and oxygen atoms in total. The van der Waals surface area contributed by atoms with Crippen LogP contribution in [0.2, 0.25) is 0 Å². The largest absolute Gasteiger partial charge is 0.310 e. The number of benzene rings is 1. The van der Waals surface area contributed by atoms with Crippen LogP contribution in [0.4, 0.5) is 0 Å². The average molecular weight is 286 g/mol. The highest BCUT2D eigenvalue weighted by molar-refractivity contribution is 7.98. The van der Waals surface area contributed by atoms with Crippen molar-refractivity contribution < 1.29 is 0 Å². The summed E-state index contributed by atoms with van der Waals surface area (Å²) in [7, 11) is 0. The third-order valence-electron chi connectivity index (χ3n) is 3.21. The van der Waals surface area contributed by atoms with Crippen molar-refractivity contribution in [2.75, 3.05) is 6.54 Å². The minimum Gasteiger partial charge on any atom is -0.310 e. The van der Waals surface area contributed by atoms with Gasteiger partial charge in [0, 0.05) is 29.1 Å². The molecule has 2 aromatic rings. The van der Waals surface area contributed by atoms with Crippen molar-refractivity contribution in [3.63, 3.8) is 0 Å². The number of hydrogen-bond acceptors (Lipinski definition) is 3. The zero-order valence-corrected chi connectivity index (χ0v) is 13.0. The fraction of sp³-hybridized carbons (Fsp3) is 0.353. The maximum Gasteiger partial charge on any atom is 0.0292 e.